The van der Waals surface area contributed by atoms with E-state index in [-0.39, 0.29) is 0 Å². The van der Waals surface area contributed by atoms with Crippen LogP contribution in [0.5, 0.6) is 11.5 Å². The lowest BCUT2D eigenvalue weighted by molar-refractivity contribution is 0.414. The predicted molar refractivity (Wildman–Crippen MR) is 171 cm³/mol. The van der Waals surface area contributed by atoms with Gasteiger partial charge in [0.25, 0.3) is 0 Å². The number of hydrogen-bond donors (Lipinski definition) is 0. The van der Waals surface area contributed by atoms with Crippen LogP contribution in [0.2, 0.25) is 0 Å². The highest BCUT2D eigenvalue weighted by Crippen LogP contribution is 2.40. The number of hydrogen-bond acceptors (Lipinski definition) is 2. The molecule has 194 valence electrons. The van der Waals surface area contributed by atoms with E-state index in [0.717, 1.165) is 33.8 Å². The third-order valence-electron chi connectivity index (χ3n) is 7.27. The van der Waals surface area contributed by atoms with Crippen molar-refractivity contribution in [3.63, 3.8) is 0 Å². The van der Waals surface area contributed by atoms with Crippen molar-refractivity contribution in [2.45, 2.75) is 0 Å². The molecule has 0 unspecified atom stereocenters. The summed E-state index contributed by atoms with van der Waals surface area (Å²) < 4.78 is 10.9. The minimum atomic E-state index is 0.847. The van der Waals surface area contributed by atoms with Crippen LogP contribution in [0.4, 0.5) is 0 Å². The molecule has 40 heavy (non-hydrogen) atoms. The molecular formula is C38H30O2. The number of benzene rings is 6. The van der Waals surface area contributed by atoms with Gasteiger partial charge in [0.1, 0.15) is 11.5 Å². The smallest absolute Gasteiger partial charge is 0.119 e. The van der Waals surface area contributed by atoms with Crippen molar-refractivity contribution in [3.05, 3.63) is 144 Å². The van der Waals surface area contributed by atoms with Crippen LogP contribution in [-0.4, -0.2) is 14.2 Å². The van der Waals surface area contributed by atoms with Gasteiger partial charge in [-0.25, -0.2) is 0 Å². The zero-order chi connectivity index (χ0) is 27.3. The van der Waals surface area contributed by atoms with Gasteiger partial charge in [-0.3, -0.25) is 0 Å². The minimum Gasteiger partial charge on any atom is -0.497 e. The van der Waals surface area contributed by atoms with Crippen molar-refractivity contribution < 1.29 is 9.47 Å². The Kier molecular flexibility index (Phi) is 7.15. The minimum absolute atomic E-state index is 0.847. The summed E-state index contributed by atoms with van der Waals surface area (Å²) in [5.74, 6) is 1.69. The maximum absolute atomic E-state index is 5.45. The molecule has 0 atom stereocenters. The van der Waals surface area contributed by atoms with Crippen molar-refractivity contribution in [1.82, 2.24) is 0 Å². The first-order valence-electron chi connectivity index (χ1n) is 13.4. The van der Waals surface area contributed by atoms with Crippen LogP contribution in [0.3, 0.4) is 0 Å². The van der Waals surface area contributed by atoms with E-state index in [4.69, 9.17) is 9.47 Å². The largest absolute Gasteiger partial charge is 0.497 e. The van der Waals surface area contributed by atoms with E-state index in [2.05, 4.69) is 121 Å². The monoisotopic (exact) mass is 518 g/mol. The Labute approximate surface area is 235 Å². The van der Waals surface area contributed by atoms with E-state index in [1.165, 1.54) is 32.7 Å². The van der Waals surface area contributed by atoms with E-state index in [9.17, 15) is 0 Å². The first kappa shape index (κ1) is 25.2. The van der Waals surface area contributed by atoms with Crippen LogP contribution in [-0.2, 0) is 0 Å². The quantitative estimate of drug-likeness (QED) is 0.196. The molecule has 0 saturated carbocycles. The second-order valence-corrected chi connectivity index (χ2v) is 9.72. The summed E-state index contributed by atoms with van der Waals surface area (Å²) in [6.07, 6.45) is 8.75. The first-order chi connectivity index (χ1) is 19.7. The molecule has 0 aliphatic rings. The number of ether oxygens (including phenoxy) is 2. The molecule has 0 N–H and O–H groups in total. The van der Waals surface area contributed by atoms with E-state index in [1.807, 2.05) is 24.3 Å². The molecule has 6 aromatic carbocycles. The number of rotatable bonds is 7. The fourth-order valence-electron chi connectivity index (χ4n) is 5.27. The van der Waals surface area contributed by atoms with Gasteiger partial charge < -0.3 is 9.47 Å². The van der Waals surface area contributed by atoms with Crippen LogP contribution < -0.4 is 9.47 Å². The summed E-state index contributed by atoms with van der Waals surface area (Å²) in [7, 11) is 3.40. The molecule has 2 heteroatoms. The standard InChI is InChI=1S/C38H30O2/c1-39-33-13-7-9-27(25-33)17-19-31-23-21-29-11-3-5-15-35(29)37(31)38-32(24-22-30-12-4-6-16-36(30)38)20-18-28-10-8-14-34(26-28)40-2/h3-26H,1-2H3/b19-17-,20-18-. The average Bonchev–Trinajstić information content (AvgIpc) is 3.02. The maximum atomic E-state index is 5.45. The highest BCUT2D eigenvalue weighted by Gasteiger charge is 2.15. The van der Waals surface area contributed by atoms with Crippen LogP contribution in [0.1, 0.15) is 22.3 Å². The predicted octanol–water partition coefficient (Wildman–Crippen LogP) is 10.0. The molecule has 0 heterocycles. The van der Waals surface area contributed by atoms with Gasteiger partial charge >= 0.3 is 0 Å². The summed E-state index contributed by atoms with van der Waals surface area (Å²) in [6, 6.07) is 42.4. The van der Waals surface area contributed by atoms with Gasteiger partial charge in [-0.05, 0) is 79.2 Å². The summed E-state index contributed by atoms with van der Waals surface area (Å²) in [5, 5.41) is 4.88. The zero-order valence-corrected chi connectivity index (χ0v) is 22.7. The topological polar surface area (TPSA) is 18.5 Å². The molecule has 0 bridgehead atoms. The Bertz CT molecular complexity index is 1740. The molecular weight excluding hydrogens is 488 g/mol. The van der Waals surface area contributed by atoms with Gasteiger partial charge in [0.05, 0.1) is 14.2 Å². The summed E-state index contributed by atoms with van der Waals surface area (Å²) in [4.78, 5) is 0. The SMILES string of the molecule is COc1cccc(/C=C\c2ccc3ccccc3c2-c2c(/C=C\c3cccc(OC)c3)ccc3ccccc23)c1. The second-order valence-electron chi connectivity index (χ2n) is 9.72. The third kappa shape index (κ3) is 5.12. The third-order valence-corrected chi connectivity index (χ3v) is 7.27. The molecule has 0 saturated heterocycles. The molecule has 2 nitrogen and oxygen atoms in total. The molecule has 0 aliphatic heterocycles. The molecule has 6 rings (SSSR count). The number of methoxy groups -OCH3 is 2. The Morgan fingerprint density at radius 3 is 1.32 bits per heavy atom. The van der Waals surface area contributed by atoms with Crippen molar-refractivity contribution in [2.75, 3.05) is 14.2 Å². The molecule has 6 aromatic rings. The molecule has 0 radical (unpaired) electrons. The van der Waals surface area contributed by atoms with E-state index in [0.29, 0.717) is 0 Å². The van der Waals surface area contributed by atoms with Crippen LogP contribution in [0.25, 0.3) is 57.0 Å². The molecule has 0 spiro atoms. The van der Waals surface area contributed by atoms with Gasteiger partial charge in [0.15, 0.2) is 0 Å². The Hall–Kier alpha value is -5.08. The van der Waals surface area contributed by atoms with Crippen molar-refractivity contribution >= 4 is 45.8 Å². The van der Waals surface area contributed by atoms with E-state index >= 15 is 0 Å². The van der Waals surface area contributed by atoms with Gasteiger partial charge in [0, 0.05) is 0 Å². The van der Waals surface area contributed by atoms with Crippen molar-refractivity contribution in [3.8, 4) is 22.6 Å². The van der Waals surface area contributed by atoms with E-state index in [1.54, 1.807) is 14.2 Å². The maximum Gasteiger partial charge on any atom is 0.119 e. The fourth-order valence-corrected chi connectivity index (χ4v) is 5.27. The van der Waals surface area contributed by atoms with Crippen LogP contribution >= 0.6 is 0 Å². The van der Waals surface area contributed by atoms with Crippen LogP contribution in [0, 0.1) is 0 Å². The van der Waals surface area contributed by atoms with Crippen molar-refractivity contribution in [2.24, 2.45) is 0 Å². The normalized spacial score (nSPS) is 11.6. The Morgan fingerprint density at radius 2 is 0.875 bits per heavy atom. The second kappa shape index (κ2) is 11.3. The first-order valence-corrected chi connectivity index (χ1v) is 13.4. The lowest BCUT2D eigenvalue weighted by Gasteiger charge is -2.17. The summed E-state index contributed by atoms with van der Waals surface area (Å²) in [5.41, 5.74) is 6.95. The van der Waals surface area contributed by atoms with Gasteiger partial charge in [0.2, 0.25) is 0 Å². The Morgan fingerprint density at radius 1 is 0.425 bits per heavy atom. The highest BCUT2D eigenvalue weighted by atomic mass is 16.5. The van der Waals surface area contributed by atoms with Gasteiger partial charge in [-0.15, -0.1) is 0 Å². The lowest BCUT2D eigenvalue weighted by Crippen LogP contribution is -1.92. The molecule has 0 fully saturated rings. The zero-order valence-electron chi connectivity index (χ0n) is 22.7. The van der Waals surface area contributed by atoms with Gasteiger partial charge in [-0.1, -0.05) is 121 Å². The molecule has 0 aromatic heterocycles. The molecule has 0 amide bonds. The average molecular weight is 519 g/mol. The number of fused-ring (bicyclic) bond motifs is 2. The van der Waals surface area contributed by atoms with Crippen molar-refractivity contribution in [1.29, 1.82) is 0 Å². The highest BCUT2D eigenvalue weighted by molar-refractivity contribution is 6.11. The Balaban J connectivity index is 1.59. The van der Waals surface area contributed by atoms with E-state index < -0.39 is 0 Å². The lowest BCUT2D eigenvalue weighted by atomic mass is 9.86. The molecule has 0 aliphatic carbocycles. The van der Waals surface area contributed by atoms with Gasteiger partial charge in [-0.2, -0.15) is 0 Å². The summed E-state index contributed by atoms with van der Waals surface area (Å²) in [6.45, 7) is 0. The van der Waals surface area contributed by atoms with Crippen LogP contribution in [0.15, 0.2) is 121 Å². The fraction of sp³-hybridized carbons (Fsp3) is 0.0526. The summed E-state index contributed by atoms with van der Waals surface area (Å²) >= 11 is 0.